The van der Waals surface area contributed by atoms with Crippen LogP contribution in [0.25, 0.3) is 5.57 Å². The minimum absolute atomic E-state index is 0.208. The Hall–Kier alpha value is -3.29. The Bertz CT molecular complexity index is 1190. The zero-order valence-corrected chi connectivity index (χ0v) is 17.1. The molecule has 5 rings (SSSR count). The molecule has 2 amide bonds. The molecule has 6 nitrogen and oxygen atoms in total. The highest BCUT2D eigenvalue weighted by Gasteiger charge is 2.40. The number of imide groups is 1. The van der Waals surface area contributed by atoms with Crippen LogP contribution in [-0.2, 0) is 9.59 Å². The van der Waals surface area contributed by atoms with Crippen molar-refractivity contribution in [3.63, 3.8) is 0 Å². The first kappa shape index (κ1) is 18.7. The van der Waals surface area contributed by atoms with Gasteiger partial charge in [-0.2, -0.15) is 0 Å². The Morgan fingerprint density at radius 2 is 1.77 bits per heavy atom. The summed E-state index contributed by atoms with van der Waals surface area (Å²) in [5.74, 6) is 0.395. The molecule has 150 valence electrons. The number of rotatable bonds is 4. The van der Waals surface area contributed by atoms with Gasteiger partial charge in [-0.05, 0) is 41.8 Å². The average Bonchev–Trinajstić information content (AvgIpc) is 3.35. The van der Waals surface area contributed by atoms with Crippen molar-refractivity contribution in [2.75, 3.05) is 23.4 Å². The highest BCUT2D eigenvalue weighted by Crippen LogP contribution is 2.38. The van der Waals surface area contributed by atoms with Crippen LogP contribution in [0.2, 0.25) is 5.02 Å². The van der Waals surface area contributed by atoms with Crippen LogP contribution in [-0.4, -0.2) is 25.0 Å². The van der Waals surface area contributed by atoms with E-state index in [1.165, 1.54) is 11.3 Å². The predicted molar refractivity (Wildman–Crippen MR) is 116 cm³/mol. The number of hydrogen-bond acceptors (Lipinski definition) is 6. The molecule has 0 bridgehead atoms. The lowest BCUT2D eigenvalue weighted by atomic mass is 10.1. The van der Waals surface area contributed by atoms with E-state index >= 15 is 0 Å². The lowest BCUT2D eigenvalue weighted by Crippen LogP contribution is -2.32. The average molecular weight is 439 g/mol. The number of benzene rings is 2. The van der Waals surface area contributed by atoms with Crippen molar-refractivity contribution in [1.82, 2.24) is 0 Å². The normalized spacial score (nSPS) is 15.7. The first-order chi connectivity index (χ1) is 14.6. The maximum Gasteiger partial charge on any atom is 0.282 e. The van der Waals surface area contributed by atoms with Gasteiger partial charge < -0.3 is 14.8 Å². The number of halogens is 1. The molecule has 1 aromatic heterocycles. The summed E-state index contributed by atoms with van der Waals surface area (Å²) >= 11 is 7.48. The minimum Gasteiger partial charge on any atom is -0.486 e. The van der Waals surface area contributed by atoms with Crippen LogP contribution < -0.4 is 19.7 Å². The summed E-state index contributed by atoms with van der Waals surface area (Å²) in [6.45, 7) is 0.953. The summed E-state index contributed by atoms with van der Waals surface area (Å²) in [5.41, 5.74) is 1.58. The monoisotopic (exact) mass is 438 g/mol. The van der Waals surface area contributed by atoms with Gasteiger partial charge in [0.25, 0.3) is 11.8 Å². The molecule has 8 heteroatoms. The molecule has 0 aliphatic carbocycles. The van der Waals surface area contributed by atoms with Crippen molar-refractivity contribution in [1.29, 1.82) is 0 Å². The molecule has 0 spiro atoms. The molecule has 0 saturated heterocycles. The molecule has 2 aromatic carbocycles. The second-order valence-electron chi connectivity index (χ2n) is 6.64. The van der Waals surface area contributed by atoms with Crippen LogP contribution in [0.15, 0.2) is 65.7 Å². The molecule has 30 heavy (non-hydrogen) atoms. The lowest BCUT2D eigenvalue weighted by Gasteiger charge is -2.19. The number of carbonyl (C=O) groups is 2. The number of thiophene rings is 1. The third kappa shape index (κ3) is 3.22. The van der Waals surface area contributed by atoms with Gasteiger partial charge in [-0.25, -0.2) is 4.90 Å². The summed E-state index contributed by atoms with van der Waals surface area (Å²) < 4.78 is 11.2. The van der Waals surface area contributed by atoms with Crippen molar-refractivity contribution in [2.24, 2.45) is 0 Å². The quantitative estimate of drug-likeness (QED) is 0.604. The van der Waals surface area contributed by atoms with E-state index in [2.05, 4.69) is 5.32 Å². The fraction of sp³-hybridized carbons (Fsp3) is 0.0909. The maximum atomic E-state index is 13.3. The predicted octanol–water partition coefficient (Wildman–Crippen LogP) is 4.57. The van der Waals surface area contributed by atoms with Gasteiger partial charge in [0.05, 0.1) is 11.3 Å². The van der Waals surface area contributed by atoms with Gasteiger partial charge in [0.15, 0.2) is 11.5 Å². The van der Waals surface area contributed by atoms with Crippen molar-refractivity contribution in [2.45, 2.75) is 0 Å². The topological polar surface area (TPSA) is 67.9 Å². The number of hydrogen-bond donors (Lipinski definition) is 1. The van der Waals surface area contributed by atoms with E-state index in [4.69, 9.17) is 21.1 Å². The second kappa shape index (κ2) is 7.51. The molecule has 2 aliphatic rings. The molecule has 3 aromatic rings. The summed E-state index contributed by atoms with van der Waals surface area (Å²) in [6.07, 6.45) is 0. The van der Waals surface area contributed by atoms with E-state index in [9.17, 15) is 9.59 Å². The van der Waals surface area contributed by atoms with Gasteiger partial charge in [0, 0.05) is 21.7 Å². The fourth-order valence-electron chi connectivity index (χ4n) is 3.41. The molecule has 0 fully saturated rings. The number of nitrogens with zero attached hydrogens (tertiary/aromatic N) is 1. The van der Waals surface area contributed by atoms with E-state index in [-0.39, 0.29) is 5.70 Å². The Morgan fingerprint density at radius 3 is 2.53 bits per heavy atom. The maximum absolute atomic E-state index is 13.3. The van der Waals surface area contributed by atoms with Crippen LogP contribution in [0, 0.1) is 0 Å². The number of anilines is 2. The van der Waals surface area contributed by atoms with Crippen LogP contribution in [0.1, 0.15) is 4.88 Å². The van der Waals surface area contributed by atoms with E-state index in [1.54, 1.807) is 42.5 Å². The lowest BCUT2D eigenvalue weighted by molar-refractivity contribution is -0.120. The summed E-state index contributed by atoms with van der Waals surface area (Å²) in [6, 6.07) is 15.6. The Balaban J connectivity index is 1.56. The molecule has 0 unspecified atom stereocenters. The van der Waals surface area contributed by atoms with Crippen LogP contribution in [0.5, 0.6) is 11.5 Å². The zero-order chi connectivity index (χ0) is 20.7. The van der Waals surface area contributed by atoms with Gasteiger partial charge in [-0.1, -0.05) is 23.7 Å². The number of fused-ring (bicyclic) bond motifs is 1. The van der Waals surface area contributed by atoms with Crippen LogP contribution in [0.3, 0.4) is 0 Å². The largest absolute Gasteiger partial charge is 0.486 e. The van der Waals surface area contributed by atoms with Crippen molar-refractivity contribution in [3.05, 3.63) is 75.6 Å². The highest BCUT2D eigenvalue weighted by molar-refractivity contribution is 7.11. The standard InChI is InChI=1S/C22H15ClN2O4S/c23-13-3-1-4-15(11-13)25-21(26)19(18-5-2-10-30-18)20(22(25)27)24-14-6-7-16-17(12-14)29-9-8-28-16/h1-7,10-12,24H,8-9H2. The molecular weight excluding hydrogens is 424 g/mol. The molecule has 1 N–H and O–H groups in total. The molecule has 3 heterocycles. The first-order valence-corrected chi connectivity index (χ1v) is 10.5. The van der Waals surface area contributed by atoms with Gasteiger partial charge in [-0.15, -0.1) is 11.3 Å². The molecule has 0 saturated carbocycles. The second-order valence-corrected chi connectivity index (χ2v) is 8.02. The molecule has 2 aliphatic heterocycles. The smallest absolute Gasteiger partial charge is 0.282 e. The van der Waals surface area contributed by atoms with Gasteiger partial charge >= 0.3 is 0 Å². The van der Waals surface area contributed by atoms with Gasteiger partial charge in [0.1, 0.15) is 18.9 Å². The molecular formula is C22H15ClN2O4S. The fourth-order valence-corrected chi connectivity index (χ4v) is 4.36. The molecule has 0 radical (unpaired) electrons. The van der Waals surface area contributed by atoms with E-state index in [1.807, 2.05) is 17.5 Å². The Morgan fingerprint density at radius 1 is 0.933 bits per heavy atom. The Kier molecular flexibility index (Phi) is 4.69. The number of nitrogens with one attached hydrogen (secondary N) is 1. The van der Waals surface area contributed by atoms with Gasteiger partial charge in [-0.3, -0.25) is 9.59 Å². The number of amides is 2. The van der Waals surface area contributed by atoms with E-state index < -0.39 is 11.8 Å². The minimum atomic E-state index is -0.444. The summed E-state index contributed by atoms with van der Waals surface area (Å²) in [5, 5.41) is 5.44. The van der Waals surface area contributed by atoms with E-state index in [0.717, 1.165) is 4.90 Å². The van der Waals surface area contributed by atoms with Crippen molar-refractivity contribution >= 4 is 51.7 Å². The SMILES string of the molecule is O=C1C(Nc2ccc3c(c2)OCCO3)=C(c2cccs2)C(=O)N1c1cccc(Cl)c1. The zero-order valence-electron chi connectivity index (χ0n) is 15.6. The first-order valence-electron chi connectivity index (χ1n) is 9.21. The number of carbonyl (C=O) groups excluding carboxylic acids is 2. The van der Waals surface area contributed by atoms with Crippen molar-refractivity contribution in [3.8, 4) is 11.5 Å². The third-order valence-electron chi connectivity index (χ3n) is 4.73. The summed E-state index contributed by atoms with van der Waals surface area (Å²) in [7, 11) is 0. The van der Waals surface area contributed by atoms with Crippen LogP contribution in [0.4, 0.5) is 11.4 Å². The highest BCUT2D eigenvalue weighted by atomic mass is 35.5. The molecule has 0 atom stereocenters. The Labute approximate surface area is 181 Å². The van der Waals surface area contributed by atoms with Crippen LogP contribution >= 0.6 is 22.9 Å². The number of ether oxygens (including phenoxy) is 2. The van der Waals surface area contributed by atoms with E-state index in [0.29, 0.717) is 51.6 Å². The van der Waals surface area contributed by atoms with Gasteiger partial charge in [0.2, 0.25) is 0 Å². The third-order valence-corrected chi connectivity index (χ3v) is 5.85. The summed E-state index contributed by atoms with van der Waals surface area (Å²) in [4.78, 5) is 28.4. The van der Waals surface area contributed by atoms with Crippen molar-refractivity contribution < 1.29 is 19.1 Å².